The highest BCUT2D eigenvalue weighted by atomic mass is 127. The standard InChI is InChI=1S/C13H18IN3O2/c1-9-3-2-4-11(8-15)16(9)12-6-5-10(14)7-13(12)17(18)19/h5-7,9,11H,2-4,8,15H2,1H3. The first-order valence-corrected chi connectivity index (χ1v) is 7.54. The summed E-state index contributed by atoms with van der Waals surface area (Å²) in [6, 6.07) is 5.89. The molecule has 0 amide bonds. The van der Waals surface area contributed by atoms with Gasteiger partial charge in [0, 0.05) is 28.3 Å². The van der Waals surface area contributed by atoms with E-state index < -0.39 is 0 Å². The minimum atomic E-state index is -0.299. The minimum absolute atomic E-state index is 0.180. The van der Waals surface area contributed by atoms with Gasteiger partial charge in [0.1, 0.15) is 5.69 Å². The second-order valence-electron chi connectivity index (χ2n) is 4.97. The van der Waals surface area contributed by atoms with Crippen LogP contribution in [0.1, 0.15) is 26.2 Å². The van der Waals surface area contributed by atoms with Crippen molar-refractivity contribution in [3.63, 3.8) is 0 Å². The molecule has 1 aliphatic heterocycles. The lowest BCUT2D eigenvalue weighted by Crippen LogP contribution is -2.49. The van der Waals surface area contributed by atoms with Crippen LogP contribution in [-0.4, -0.2) is 23.6 Å². The molecule has 1 aliphatic rings. The van der Waals surface area contributed by atoms with Gasteiger partial charge in [-0.25, -0.2) is 0 Å². The number of rotatable bonds is 3. The number of hydrogen-bond acceptors (Lipinski definition) is 4. The molecule has 0 bridgehead atoms. The molecule has 0 aliphatic carbocycles. The molecule has 5 nitrogen and oxygen atoms in total. The van der Waals surface area contributed by atoms with Gasteiger partial charge in [0.25, 0.3) is 5.69 Å². The van der Waals surface area contributed by atoms with E-state index in [0.29, 0.717) is 18.3 Å². The van der Waals surface area contributed by atoms with Crippen molar-refractivity contribution in [3.8, 4) is 0 Å². The van der Waals surface area contributed by atoms with E-state index in [1.807, 2.05) is 12.1 Å². The quantitative estimate of drug-likeness (QED) is 0.501. The molecule has 19 heavy (non-hydrogen) atoms. The van der Waals surface area contributed by atoms with Crippen molar-refractivity contribution < 1.29 is 4.92 Å². The molecule has 1 saturated heterocycles. The predicted octanol–water partition coefficient (Wildman–Crippen LogP) is 2.91. The van der Waals surface area contributed by atoms with E-state index in [9.17, 15) is 10.1 Å². The van der Waals surface area contributed by atoms with E-state index >= 15 is 0 Å². The van der Waals surface area contributed by atoms with Crippen LogP contribution in [0.4, 0.5) is 11.4 Å². The first kappa shape index (κ1) is 14.5. The predicted molar refractivity (Wildman–Crippen MR) is 84.4 cm³/mol. The third-order valence-corrected chi connectivity index (χ3v) is 4.38. The molecule has 1 fully saturated rings. The number of nitro benzene ring substituents is 1. The number of nitrogens with zero attached hydrogens (tertiary/aromatic N) is 2. The summed E-state index contributed by atoms with van der Waals surface area (Å²) in [7, 11) is 0. The van der Waals surface area contributed by atoms with Crippen molar-refractivity contribution in [2.24, 2.45) is 5.73 Å². The summed E-state index contributed by atoms with van der Waals surface area (Å²) >= 11 is 2.10. The second kappa shape index (κ2) is 6.04. The molecule has 2 unspecified atom stereocenters. The Kier molecular flexibility index (Phi) is 4.62. The molecule has 104 valence electrons. The monoisotopic (exact) mass is 375 g/mol. The van der Waals surface area contributed by atoms with Crippen LogP contribution in [-0.2, 0) is 0 Å². The molecule has 1 aromatic rings. The third-order valence-electron chi connectivity index (χ3n) is 3.71. The van der Waals surface area contributed by atoms with Crippen LogP contribution in [0, 0.1) is 13.7 Å². The zero-order chi connectivity index (χ0) is 14.0. The summed E-state index contributed by atoms with van der Waals surface area (Å²) in [5, 5.41) is 11.3. The number of hydrogen-bond donors (Lipinski definition) is 1. The fraction of sp³-hybridized carbons (Fsp3) is 0.538. The summed E-state index contributed by atoms with van der Waals surface area (Å²) in [6.07, 6.45) is 3.20. The Bertz CT molecular complexity index is 481. The maximum atomic E-state index is 11.3. The summed E-state index contributed by atoms with van der Waals surface area (Å²) in [5.41, 5.74) is 6.72. The summed E-state index contributed by atoms with van der Waals surface area (Å²) < 4.78 is 0.877. The van der Waals surface area contributed by atoms with Crippen molar-refractivity contribution in [1.82, 2.24) is 0 Å². The fourth-order valence-corrected chi connectivity index (χ4v) is 3.29. The first-order valence-electron chi connectivity index (χ1n) is 6.47. The van der Waals surface area contributed by atoms with Gasteiger partial charge >= 0.3 is 0 Å². The number of anilines is 1. The van der Waals surface area contributed by atoms with E-state index in [0.717, 1.165) is 22.8 Å². The van der Waals surface area contributed by atoms with Crippen LogP contribution in [0.2, 0.25) is 0 Å². The maximum Gasteiger partial charge on any atom is 0.293 e. The van der Waals surface area contributed by atoms with E-state index in [-0.39, 0.29) is 16.7 Å². The van der Waals surface area contributed by atoms with E-state index in [1.165, 1.54) is 0 Å². The van der Waals surface area contributed by atoms with Gasteiger partial charge in [0.2, 0.25) is 0 Å². The molecular formula is C13H18IN3O2. The SMILES string of the molecule is CC1CCCC(CN)N1c1ccc(I)cc1[N+](=O)[O-]. The Balaban J connectivity index is 2.46. The van der Waals surface area contributed by atoms with Gasteiger partial charge < -0.3 is 10.6 Å². The molecule has 0 saturated carbocycles. The zero-order valence-corrected chi connectivity index (χ0v) is 13.0. The van der Waals surface area contributed by atoms with Crippen molar-refractivity contribution >= 4 is 34.0 Å². The topological polar surface area (TPSA) is 72.4 Å². The molecule has 1 aromatic carbocycles. The molecule has 6 heteroatoms. The van der Waals surface area contributed by atoms with Crippen molar-refractivity contribution in [1.29, 1.82) is 0 Å². The average molecular weight is 375 g/mol. The zero-order valence-electron chi connectivity index (χ0n) is 10.9. The van der Waals surface area contributed by atoms with Crippen molar-refractivity contribution in [3.05, 3.63) is 31.9 Å². The second-order valence-corrected chi connectivity index (χ2v) is 6.21. The number of piperidine rings is 1. The number of halogens is 1. The van der Waals surface area contributed by atoms with E-state index in [1.54, 1.807) is 6.07 Å². The lowest BCUT2D eigenvalue weighted by molar-refractivity contribution is -0.384. The van der Waals surface area contributed by atoms with Crippen LogP contribution in [0.5, 0.6) is 0 Å². The summed E-state index contributed by atoms with van der Waals surface area (Å²) in [5.74, 6) is 0. The summed E-state index contributed by atoms with van der Waals surface area (Å²) in [4.78, 5) is 13.1. The fourth-order valence-electron chi connectivity index (χ4n) is 2.81. The molecule has 0 aromatic heterocycles. The van der Waals surface area contributed by atoms with Crippen LogP contribution in [0.3, 0.4) is 0 Å². The number of nitro groups is 1. The Morgan fingerprint density at radius 1 is 1.53 bits per heavy atom. The first-order chi connectivity index (χ1) is 9.04. The Morgan fingerprint density at radius 3 is 2.89 bits per heavy atom. The average Bonchev–Trinajstić information content (AvgIpc) is 2.38. The molecule has 2 N–H and O–H groups in total. The molecule has 0 radical (unpaired) electrons. The van der Waals surface area contributed by atoms with Gasteiger partial charge in [-0.15, -0.1) is 0 Å². The molecule has 0 spiro atoms. The Hall–Kier alpha value is -0.890. The highest BCUT2D eigenvalue weighted by Gasteiger charge is 2.31. The lowest BCUT2D eigenvalue weighted by Gasteiger charge is -2.41. The normalized spacial score (nSPS) is 23.4. The van der Waals surface area contributed by atoms with Crippen LogP contribution >= 0.6 is 22.6 Å². The summed E-state index contributed by atoms with van der Waals surface area (Å²) in [6.45, 7) is 2.65. The molecular weight excluding hydrogens is 357 g/mol. The number of nitrogens with two attached hydrogens (primary N) is 1. The maximum absolute atomic E-state index is 11.3. The highest BCUT2D eigenvalue weighted by Crippen LogP contribution is 2.36. The highest BCUT2D eigenvalue weighted by molar-refractivity contribution is 14.1. The Morgan fingerprint density at radius 2 is 2.26 bits per heavy atom. The molecule has 1 heterocycles. The van der Waals surface area contributed by atoms with E-state index in [4.69, 9.17) is 5.73 Å². The van der Waals surface area contributed by atoms with Crippen LogP contribution in [0.15, 0.2) is 18.2 Å². The van der Waals surface area contributed by atoms with Gasteiger partial charge in [-0.1, -0.05) is 0 Å². The van der Waals surface area contributed by atoms with Crippen LogP contribution in [0.25, 0.3) is 0 Å². The largest absolute Gasteiger partial charge is 0.359 e. The minimum Gasteiger partial charge on any atom is -0.359 e. The third kappa shape index (κ3) is 3.00. The van der Waals surface area contributed by atoms with Gasteiger partial charge in [0.15, 0.2) is 0 Å². The number of benzene rings is 1. The molecule has 2 atom stereocenters. The van der Waals surface area contributed by atoms with Crippen LogP contribution < -0.4 is 10.6 Å². The van der Waals surface area contributed by atoms with Gasteiger partial charge in [0.05, 0.1) is 4.92 Å². The van der Waals surface area contributed by atoms with Gasteiger partial charge in [-0.05, 0) is 60.9 Å². The Labute approximate surface area is 126 Å². The van der Waals surface area contributed by atoms with Crippen molar-refractivity contribution in [2.75, 3.05) is 11.4 Å². The van der Waals surface area contributed by atoms with Gasteiger partial charge in [-0.2, -0.15) is 0 Å². The van der Waals surface area contributed by atoms with Gasteiger partial charge in [-0.3, -0.25) is 10.1 Å². The van der Waals surface area contributed by atoms with Crippen molar-refractivity contribution in [2.45, 2.75) is 38.3 Å². The molecule has 2 rings (SSSR count). The lowest BCUT2D eigenvalue weighted by atomic mass is 9.95. The smallest absolute Gasteiger partial charge is 0.293 e. The van der Waals surface area contributed by atoms with E-state index in [2.05, 4.69) is 34.4 Å².